The van der Waals surface area contributed by atoms with E-state index in [1.54, 1.807) is 6.92 Å². The lowest BCUT2D eigenvalue weighted by Gasteiger charge is -2.31. The lowest BCUT2D eigenvalue weighted by atomic mass is 10.00. The number of carbonyl (C=O) groups is 2. The molecule has 0 aromatic rings. The van der Waals surface area contributed by atoms with E-state index in [9.17, 15) is 23.1 Å². The van der Waals surface area contributed by atoms with Crippen LogP contribution in [0.3, 0.4) is 0 Å². The Morgan fingerprint density at radius 1 is 1.40 bits per heavy atom. The summed E-state index contributed by atoms with van der Waals surface area (Å²) in [7, 11) is -3.40. The molecule has 1 heterocycles. The van der Waals surface area contributed by atoms with Gasteiger partial charge in [0.25, 0.3) is 0 Å². The highest BCUT2D eigenvalue weighted by Gasteiger charge is 2.45. The molecule has 116 valence electrons. The Morgan fingerprint density at radius 3 is 2.60 bits per heavy atom. The van der Waals surface area contributed by atoms with Gasteiger partial charge in [0.05, 0.1) is 5.75 Å². The maximum atomic E-state index is 11.9. The van der Waals surface area contributed by atoms with Crippen molar-refractivity contribution in [2.24, 2.45) is 0 Å². The number of sulfonamides is 1. The Morgan fingerprint density at radius 2 is 2.05 bits per heavy atom. The van der Waals surface area contributed by atoms with Gasteiger partial charge in [0.2, 0.25) is 10.0 Å². The van der Waals surface area contributed by atoms with Crippen LogP contribution in [0, 0.1) is 0 Å². The summed E-state index contributed by atoms with van der Waals surface area (Å²) in [6.45, 7) is 3.75. The van der Waals surface area contributed by atoms with Gasteiger partial charge < -0.3 is 15.3 Å². The van der Waals surface area contributed by atoms with Crippen LogP contribution in [0.15, 0.2) is 0 Å². The zero-order valence-corrected chi connectivity index (χ0v) is 12.5. The molecular weight excluding hydrogens is 286 g/mol. The third-order valence-electron chi connectivity index (χ3n) is 3.36. The fourth-order valence-corrected chi connectivity index (χ4v) is 3.15. The highest BCUT2D eigenvalue weighted by Crippen LogP contribution is 2.28. The highest BCUT2D eigenvalue weighted by molar-refractivity contribution is 7.89. The monoisotopic (exact) mass is 307 g/mol. The lowest BCUT2D eigenvalue weighted by molar-refractivity contribution is -0.147. The molecule has 0 aromatic heterocycles. The molecule has 3 N–H and O–H groups in total. The molecule has 20 heavy (non-hydrogen) atoms. The van der Waals surface area contributed by atoms with Crippen molar-refractivity contribution in [3.63, 3.8) is 0 Å². The second kappa shape index (κ2) is 6.40. The van der Waals surface area contributed by atoms with E-state index in [4.69, 9.17) is 0 Å². The fourth-order valence-electron chi connectivity index (χ4n) is 2.19. The van der Waals surface area contributed by atoms with Crippen molar-refractivity contribution in [1.29, 1.82) is 0 Å². The number of urea groups is 1. The summed E-state index contributed by atoms with van der Waals surface area (Å²) in [5.41, 5.74) is -1.22. The second-order valence-electron chi connectivity index (χ2n) is 4.88. The van der Waals surface area contributed by atoms with Crippen molar-refractivity contribution < 1.29 is 23.1 Å². The molecule has 2 amide bonds. The number of nitrogens with zero attached hydrogens (tertiary/aromatic N) is 1. The summed E-state index contributed by atoms with van der Waals surface area (Å²) in [5, 5.41) is 11.6. The molecule has 1 rings (SSSR count). The Hall–Kier alpha value is -1.35. The van der Waals surface area contributed by atoms with Crippen LogP contribution in [-0.4, -0.2) is 61.4 Å². The molecule has 9 heteroatoms. The molecule has 0 saturated carbocycles. The van der Waals surface area contributed by atoms with Gasteiger partial charge in [-0.2, -0.15) is 0 Å². The van der Waals surface area contributed by atoms with E-state index in [1.165, 1.54) is 11.8 Å². The van der Waals surface area contributed by atoms with E-state index in [0.717, 1.165) is 0 Å². The zero-order valence-electron chi connectivity index (χ0n) is 11.7. The third-order valence-corrected chi connectivity index (χ3v) is 4.83. The zero-order chi connectivity index (χ0) is 15.4. The van der Waals surface area contributed by atoms with Crippen molar-refractivity contribution in [2.75, 3.05) is 25.4 Å². The van der Waals surface area contributed by atoms with Gasteiger partial charge in [0.1, 0.15) is 5.54 Å². The third kappa shape index (κ3) is 3.83. The van der Waals surface area contributed by atoms with Crippen LogP contribution < -0.4 is 10.0 Å². The van der Waals surface area contributed by atoms with E-state index in [-0.39, 0.29) is 12.3 Å². The first-order chi connectivity index (χ1) is 9.23. The quantitative estimate of drug-likeness (QED) is 0.616. The number of nitrogens with one attached hydrogen (secondary N) is 2. The molecule has 1 atom stereocenters. The molecular formula is C11H21N3O5S. The minimum absolute atomic E-state index is 0.0552. The van der Waals surface area contributed by atoms with Crippen LogP contribution in [0.4, 0.5) is 4.79 Å². The molecule has 1 aliphatic heterocycles. The molecule has 0 bridgehead atoms. The number of rotatable bonds is 6. The molecule has 1 aliphatic rings. The van der Waals surface area contributed by atoms with Gasteiger partial charge in [0, 0.05) is 19.6 Å². The lowest BCUT2D eigenvalue weighted by Crippen LogP contribution is -2.54. The Kier molecular flexibility index (Phi) is 5.35. The van der Waals surface area contributed by atoms with Crippen molar-refractivity contribution >= 4 is 22.0 Å². The first-order valence-corrected chi connectivity index (χ1v) is 8.14. The van der Waals surface area contributed by atoms with E-state index in [1.807, 2.05) is 0 Å². The molecule has 8 nitrogen and oxygen atoms in total. The summed E-state index contributed by atoms with van der Waals surface area (Å²) in [4.78, 5) is 24.4. The average Bonchev–Trinajstić information content (AvgIpc) is 2.72. The SMILES string of the molecule is CCNS(=O)(=O)CCNC(=O)N1CCCC1(C)C(=O)O. The molecule has 1 unspecified atom stereocenters. The molecule has 0 aliphatic carbocycles. The minimum Gasteiger partial charge on any atom is -0.480 e. The van der Waals surface area contributed by atoms with Crippen molar-refractivity contribution in [2.45, 2.75) is 32.2 Å². The number of hydrogen-bond acceptors (Lipinski definition) is 4. The van der Waals surface area contributed by atoms with Gasteiger partial charge in [-0.3, -0.25) is 0 Å². The van der Waals surface area contributed by atoms with E-state index in [0.29, 0.717) is 25.9 Å². The topological polar surface area (TPSA) is 116 Å². The predicted octanol–water partition coefficient (Wildman–Crippen LogP) is -0.426. The Bertz CT molecular complexity index is 478. The van der Waals surface area contributed by atoms with Crippen LogP contribution in [0.2, 0.25) is 0 Å². The second-order valence-corrected chi connectivity index (χ2v) is 6.81. The van der Waals surface area contributed by atoms with E-state index in [2.05, 4.69) is 10.0 Å². The minimum atomic E-state index is -3.40. The van der Waals surface area contributed by atoms with Crippen LogP contribution in [-0.2, 0) is 14.8 Å². The van der Waals surface area contributed by atoms with Crippen LogP contribution >= 0.6 is 0 Å². The maximum Gasteiger partial charge on any atom is 0.329 e. The van der Waals surface area contributed by atoms with Gasteiger partial charge in [-0.25, -0.2) is 22.7 Å². The van der Waals surface area contributed by atoms with Gasteiger partial charge in [-0.1, -0.05) is 6.92 Å². The van der Waals surface area contributed by atoms with E-state index >= 15 is 0 Å². The first kappa shape index (κ1) is 16.7. The predicted molar refractivity (Wildman–Crippen MR) is 72.8 cm³/mol. The van der Waals surface area contributed by atoms with Crippen molar-refractivity contribution in [1.82, 2.24) is 14.9 Å². The van der Waals surface area contributed by atoms with Crippen molar-refractivity contribution in [3.8, 4) is 0 Å². The van der Waals surface area contributed by atoms with Crippen LogP contribution in [0.5, 0.6) is 0 Å². The Balaban J connectivity index is 2.54. The smallest absolute Gasteiger partial charge is 0.329 e. The average molecular weight is 307 g/mol. The number of hydrogen-bond donors (Lipinski definition) is 3. The number of carboxylic acids is 1. The number of aliphatic carboxylic acids is 1. The largest absolute Gasteiger partial charge is 0.480 e. The first-order valence-electron chi connectivity index (χ1n) is 6.49. The molecule has 1 fully saturated rings. The standard InChI is InChI=1S/C11H21N3O5S/c1-3-13-20(18,19)8-6-12-10(17)14-7-4-5-11(14,2)9(15)16/h13H,3-8H2,1-2H3,(H,12,17)(H,15,16). The van der Waals surface area contributed by atoms with Gasteiger partial charge in [-0.05, 0) is 19.8 Å². The Labute approximate surface area is 118 Å². The summed E-state index contributed by atoms with van der Waals surface area (Å²) in [6.07, 6.45) is 1.01. The molecule has 0 radical (unpaired) electrons. The van der Waals surface area contributed by atoms with Crippen molar-refractivity contribution in [3.05, 3.63) is 0 Å². The van der Waals surface area contributed by atoms with Crippen LogP contribution in [0.25, 0.3) is 0 Å². The number of likely N-dealkylation sites (tertiary alicyclic amines) is 1. The summed E-state index contributed by atoms with van der Waals surface area (Å²) < 4.78 is 25.1. The summed E-state index contributed by atoms with van der Waals surface area (Å²) >= 11 is 0. The number of carboxylic acid groups (broad SMARTS) is 1. The van der Waals surface area contributed by atoms with Gasteiger partial charge in [-0.15, -0.1) is 0 Å². The summed E-state index contributed by atoms with van der Waals surface area (Å²) in [6, 6.07) is -0.543. The number of amides is 2. The van der Waals surface area contributed by atoms with E-state index < -0.39 is 27.6 Å². The highest BCUT2D eigenvalue weighted by atomic mass is 32.2. The molecule has 0 spiro atoms. The van der Waals surface area contributed by atoms with Gasteiger partial charge >= 0.3 is 12.0 Å². The van der Waals surface area contributed by atoms with Crippen LogP contribution in [0.1, 0.15) is 26.7 Å². The summed E-state index contributed by atoms with van der Waals surface area (Å²) in [5.74, 6) is -1.28. The maximum absolute atomic E-state index is 11.9. The normalized spacial score (nSPS) is 22.8. The molecule has 0 aromatic carbocycles. The van der Waals surface area contributed by atoms with Gasteiger partial charge in [0.15, 0.2) is 0 Å². The number of carbonyl (C=O) groups excluding carboxylic acids is 1. The fraction of sp³-hybridized carbons (Fsp3) is 0.818. The molecule has 1 saturated heterocycles.